The standard InChI is InChI=1S/C18H31N5O3.HI/c1-19-18(20-8-2-5-16(24)21-14-6-7-14)23-11-9-22(10-12-23)17(25)15-4-3-13-26-15;/h14-15H,2-13H2,1H3,(H,19,20)(H,21,24);1H. The van der Waals surface area contributed by atoms with E-state index in [1.54, 1.807) is 7.05 Å². The van der Waals surface area contributed by atoms with E-state index in [0.717, 1.165) is 57.7 Å². The molecule has 9 heteroatoms. The van der Waals surface area contributed by atoms with Gasteiger partial charge in [0.25, 0.3) is 5.91 Å². The zero-order chi connectivity index (χ0) is 18.4. The summed E-state index contributed by atoms with van der Waals surface area (Å²) in [4.78, 5) is 32.5. The zero-order valence-electron chi connectivity index (χ0n) is 16.1. The third-order valence-corrected chi connectivity index (χ3v) is 5.11. The number of nitrogens with one attached hydrogen (secondary N) is 2. The average molecular weight is 493 g/mol. The van der Waals surface area contributed by atoms with Crippen LogP contribution in [0.3, 0.4) is 0 Å². The van der Waals surface area contributed by atoms with E-state index in [2.05, 4.69) is 20.5 Å². The van der Waals surface area contributed by atoms with Crippen molar-refractivity contribution in [2.24, 2.45) is 4.99 Å². The molecule has 1 saturated carbocycles. The summed E-state index contributed by atoms with van der Waals surface area (Å²) in [6.45, 7) is 4.35. The van der Waals surface area contributed by atoms with Gasteiger partial charge in [-0.15, -0.1) is 24.0 Å². The number of piperazine rings is 1. The molecule has 0 radical (unpaired) electrons. The molecule has 3 rings (SSSR count). The van der Waals surface area contributed by atoms with E-state index in [9.17, 15) is 9.59 Å². The number of ether oxygens (including phenoxy) is 1. The van der Waals surface area contributed by atoms with E-state index in [4.69, 9.17) is 4.74 Å². The summed E-state index contributed by atoms with van der Waals surface area (Å²) in [5.41, 5.74) is 0. The Morgan fingerprint density at radius 1 is 1.11 bits per heavy atom. The summed E-state index contributed by atoms with van der Waals surface area (Å²) in [6.07, 6.45) is 5.16. The molecule has 0 spiro atoms. The molecule has 0 aromatic carbocycles. The summed E-state index contributed by atoms with van der Waals surface area (Å²) in [5.74, 6) is 1.12. The van der Waals surface area contributed by atoms with Gasteiger partial charge in [0.1, 0.15) is 6.10 Å². The minimum atomic E-state index is -0.235. The van der Waals surface area contributed by atoms with Crippen LogP contribution >= 0.6 is 24.0 Å². The first-order valence-corrected chi connectivity index (χ1v) is 9.82. The Kier molecular flexibility index (Phi) is 9.07. The Bertz CT molecular complexity index is 527. The quantitative estimate of drug-likeness (QED) is 0.245. The third kappa shape index (κ3) is 6.78. The van der Waals surface area contributed by atoms with Gasteiger partial charge in [-0.25, -0.2) is 0 Å². The van der Waals surface area contributed by atoms with E-state index in [0.29, 0.717) is 32.2 Å². The number of nitrogens with zero attached hydrogens (tertiary/aromatic N) is 3. The normalized spacial score (nSPS) is 23.0. The van der Waals surface area contributed by atoms with Gasteiger partial charge in [0.15, 0.2) is 5.96 Å². The fourth-order valence-electron chi connectivity index (χ4n) is 3.42. The molecule has 0 aromatic heterocycles. The third-order valence-electron chi connectivity index (χ3n) is 5.11. The number of carbonyl (C=O) groups is 2. The average Bonchev–Trinajstić information content (AvgIpc) is 3.30. The van der Waals surface area contributed by atoms with E-state index in [1.165, 1.54) is 0 Å². The smallest absolute Gasteiger partial charge is 0.251 e. The van der Waals surface area contributed by atoms with Crippen molar-refractivity contribution in [3.05, 3.63) is 0 Å². The topological polar surface area (TPSA) is 86.3 Å². The zero-order valence-corrected chi connectivity index (χ0v) is 18.4. The van der Waals surface area contributed by atoms with Crippen molar-refractivity contribution in [3.8, 4) is 0 Å². The Balaban J connectivity index is 0.00000261. The molecule has 154 valence electrons. The van der Waals surface area contributed by atoms with Crippen molar-refractivity contribution in [3.63, 3.8) is 0 Å². The lowest BCUT2D eigenvalue weighted by Crippen LogP contribution is -2.55. The number of hydrogen-bond acceptors (Lipinski definition) is 4. The number of amides is 2. The number of hydrogen-bond donors (Lipinski definition) is 2. The van der Waals surface area contributed by atoms with E-state index >= 15 is 0 Å². The van der Waals surface area contributed by atoms with Crippen LogP contribution in [0.1, 0.15) is 38.5 Å². The van der Waals surface area contributed by atoms with Crippen molar-refractivity contribution in [2.75, 3.05) is 46.4 Å². The molecule has 0 aromatic rings. The van der Waals surface area contributed by atoms with Crippen LogP contribution in [0.15, 0.2) is 4.99 Å². The van der Waals surface area contributed by atoms with Crippen LogP contribution in [0.4, 0.5) is 0 Å². The molecule has 1 unspecified atom stereocenters. The van der Waals surface area contributed by atoms with Crippen molar-refractivity contribution < 1.29 is 14.3 Å². The number of carbonyl (C=O) groups excluding carboxylic acids is 2. The highest BCUT2D eigenvalue weighted by molar-refractivity contribution is 14.0. The molecular weight excluding hydrogens is 461 g/mol. The fourth-order valence-corrected chi connectivity index (χ4v) is 3.42. The summed E-state index contributed by atoms with van der Waals surface area (Å²) < 4.78 is 5.50. The maximum atomic E-state index is 12.4. The van der Waals surface area contributed by atoms with Gasteiger partial charge in [-0.2, -0.15) is 0 Å². The molecule has 2 amide bonds. The lowest BCUT2D eigenvalue weighted by molar-refractivity contribution is -0.142. The summed E-state index contributed by atoms with van der Waals surface area (Å²) in [7, 11) is 1.77. The minimum Gasteiger partial charge on any atom is -0.368 e. The van der Waals surface area contributed by atoms with Crippen molar-refractivity contribution >= 4 is 41.8 Å². The molecule has 2 saturated heterocycles. The van der Waals surface area contributed by atoms with Gasteiger partial charge >= 0.3 is 0 Å². The van der Waals surface area contributed by atoms with Gasteiger partial charge in [-0.3, -0.25) is 14.6 Å². The highest BCUT2D eigenvalue weighted by atomic mass is 127. The molecule has 1 aliphatic carbocycles. The Morgan fingerprint density at radius 3 is 2.41 bits per heavy atom. The lowest BCUT2D eigenvalue weighted by atomic mass is 10.2. The summed E-state index contributed by atoms with van der Waals surface area (Å²) in [5, 5.41) is 6.33. The molecule has 3 fully saturated rings. The van der Waals surface area contributed by atoms with Gasteiger partial charge < -0.3 is 25.2 Å². The van der Waals surface area contributed by atoms with Gasteiger partial charge in [0.05, 0.1) is 0 Å². The van der Waals surface area contributed by atoms with Crippen molar-refractivity contribution in [2.45, 2.75) is 50.7 Å². The van der Waals surface area contributed by atoms with Crippen LogP contribution in [0, 0.1) is 0 Å². The molecule has 1 atom stereocenters. The van der Waals surface area contributed by atoms with Gasteiger partial charge in [0.2, 0.25) is 5.91 Å². The molecule has 2 N–H and O–H groups in total. The molecule has 27 heavy (non-hydrogen) atoms. The molecule has 0 bridgehead atoms. The second kappa shape index (κ2) is 11.0. The second-order valence-corrected chi connectivity index (χ2v) is 7.23. The number of guanidine groups is 1. The largest absolute Gasteiger partial charge is 0.368 e. The number of halogens is 1. The van der Waals surface area contributed by atoms with Gasteiger partial charge in [-0.1, -0.05) is 0 Å². The molecule has 2 aliphatic heterocycles. The van der Waals surface area contributed by atoms with E-state index in [-0.39, 0.29) is 41.9 Å². The van der Waals surface area contributed by atoms with Gasteiger partial charge in [0, 0.05) is 58.8 Å². The highest BCUT2D eigenvalue weighted by Crippen LogP contribution is 2.18. The van der Waals surface area contributed by atoms with E-state index < -0.39 is 0 Å². The first kappa shape index (κ1) is 22.2. The molecule has 8 nitrogen and oxygen atoms in total. The van der Waals surface area contributed by atoms with Crippen molar-refractivity contribution in [1.29, 1.82) is 0 Å². The maximum absolute atomic E-state index is 12.4. The predicted molar refractivity (Wildman–Crippen MR) is 114 cm³/mol. The van der Waals surface area contributed by atoms with E-state index in [1.807, 2.05) is 4.90 Å². The van der Waals surface area contributed by atoms with Crippen LogP contribution in [-0.4, -0.2) is 86.1 Å². The van der Waals surface area contributed by atoms with Crippen LogP contribution in [0.25, 0.3) is 0 Å². The van der Waals surface area contributed by atoms with Crippen molar-refractivity contribution in [1.82, 2.24) is 20.4 Å². The number of rotatable bonds is 6. The SMILES string of the molecule is CN=C(NCCCC(=O)NC1CC1)N1CCN(C(=O)C2CCCO2)CC1.I. The number of aliphatic imine (C=N–C) groups is 1. The van der Waals surface area contributed by atoms with Crippen LogP contribution < -0.4 is 10.6 Å². The Morgan fingerprint density at radius 2 is 1.81 bits per heavy atom. The summed E-state index contributed by atoms with van der Waals surface area (Å²) >= 11 is 0. The maximum Gasteiger partial charge on any atom is 0.251 e. The first-order chi connectivity index (χ1) is 12.7. The monoisotopic (exact) mass is 493 g/mol. The highest BCUT2D eigenvalue weighted by Gasteiger charge is 2.30. The molecular formula is C18H32IN5O3. The minimum absolute atomic E-state index is 0. The second-order valence-electron chi connectivity index (χ2n) is 7.23. The van der Waals surface area contributed by atoms with Crippen LogP contribution in [-0.2, 0) is 14.3 Å². The fraction of sp³-hybridized carbons (Fsp3) is 0.833. The van der Waals surface area contributed by atoms with Gasteiger partial charge in [-0.05, 0) is 32.1 Å². The summed E-state index contributed by atoms with van der Waals surface area (Å²) in [6, 6.07) is 0.428. The van der Waals surface area contributed by atoms with Crippen LogP contribution in [0.5, 0.6) is 0 Å². The molecule has 3 aliphatic rings. The Labute approximate surface area is 178 Å². The Hall–Kier alpha value is -1.10. The van der Waals surface area contributed by atoms with Crippen LogP contribution in [0.2, 0.25) is 0 Å². The molecule has 2 heterocycles. The predicted octanol–water partition coefficient (Wildman–Crippen LogP) is 0.562. The lowest BCUT2D eigenvalue weighted by Gasteiger charge is -2.37. The first-order valence-electron chi connectivity index (χ1n) is 9.82.